The van der Waals surface area contributed by atoms with E-state index in [0.717, 1.165) is 12.0 Å². The summed E-state index contributed by atoms with van der Waals surface area (Å²) in [6.07, 6.45) is 0.859. The maximum Gasteiger partial charge on any atom is 0.239 e. The van der Waals surface area contributed by atoms with Gasteiger partial charge in [0.25, 0.3) is 0 Å². The number of carbonyl (C=O) groups excluding carboxylic acids is 1. The van der Waals surface area contributed by atoms with E-state index >= 15 is 0 Å². The van der Waals surface area contributed by atoms with E-state index in [4.69, 9.17) is 0 Å². The maximum absolute atomic E-state index is 13.1. The Morgan fingerprint density at radius 1 is 1.33 bits per heavy atom. The molecule has 0 bridgehead atoms. The van der Waals surface area contributed by atoms with Crippen LogP contribution in [0.4, 0.5) is 10.1 Å². The Bertz CT molecular complexity index is 410. The molecule has 0 spiro atoms. The average Bonchev–Trinajstić information content (AvgIpc) is 2.24. The first-order valence-corrected chi connectivity index (χ1v) is 6.14. The molecule has 0 saturated heterocycles. The molecule has 0 radical (unpaired) electrons. The topological polar surface area (TPSA) is 41.1 Å². The van der Waals surface area contributed by atoms with E-state index in [1.54, 1.807) is 6.07 Å². The van der Waals surface area contributed by atoms with Gasteiger partial charge in [-0.25, -0.2) is 4.39 Å². The van der Waals surface area contributed by atoms with Gasteiger partial charge in [0, 0.05) is 11.2 Å². The summed E-state index contributed by atoms with van der Waals surface area (Å²) in [6, 6.07) is 4.64. The molecule has 1 aromatic carbocycles. The number of amides is 1. The van der Waals surface area contributed by atoms with Crippen LogP contribution in [-0.4, -0.2) is 18.0 Å². The predicted octanol–water partition coefficient (Wildman–Crippen LogP) is 2.85. The Morgan fingerprint density at radius 2 is 2.00 bits per heavy atom. The van der Waals surface area contributed by atoms with Gasteiger partial charge in [-0.3, -0.25) is 4.79 Å². The standard InChI is InChI=1S/C14H21FN2O/c1-5-14(3,4)17-13(18)9-16-12-7-10(2)6-11(15)8-12/h6-8,16H,5,9H2,1-4H3,(H,17,18). The monoisotopic (exact) mass is 252 g/mol. The lowest BCUT2D eigenvalue weighted by molar-refractivity contribution is -0.121. The molecule has 1 aromatic rings. The van der Waals surface area contributed by atoms with Crippen LogP contribution in [0.25, 0.3) is 0 Å². The minimum Gasteiger partial charge on any atom is -0.376 e. The largest absolute Gasteiger partial charge is 0.376 e. The van der Waals surface area contributed by atoms with Crippen molar-refractivity contribution in [1.29, 1.82) is 0 Å². The van der Waals surface area contributed by atoms with Crippen molar-refractivity contribution in [3.8, 4) is 0 Å². The normalized spacial score (nSPS) is 11.2. The molecule has 18 heavy (non-hydrogen) atoms. The van der Waals surface area contributed by atoms with Gasteiger partial charge in [-0.2, -0.15) is 0 Å². The van der Waals surface area contributed by atoms with Crippen molar-refractivity contribution in [3.63, 3.8) is 0 Å². The second-order valence-corrected chi connectivity index (χ2v) is 5.16. The fourth-order valence-electron chi connectivity index (χ4n) is 1.53. The average molecular weight is 252 g/mol. The molecule has 0 fully saturated rings. The summed E-state index contributed by atoms with van der Waals surface area (Å²) in [4.78, 5) is 11.7. The summed E-state index contributed by atoms with van der Waals surface area (Å²) < 4.78 is 13.1. The highest BCUT2D eigenvalue weighted by Crippen LogP contribution is 2.13. The second kappa shape index (κ2) is 5.85. The van der Waals surface area contributed by atoms with Gasteiger partial charge in [0.05, 0.1) is 6.54 Å². The van der Waals surface area contributed by atoms with Crippen LogP contribution in [0, 0.1) is 12.7 Å². The minimum atomic E-state index is -0.299. The lowest BCUT2D eigenvalue weighted by atomic mass is 10.0. The second-order valence-electron chi connectivity index (χ2n) is 5.16. The van der Waals surface area contributed by atoms with Crippen LogP contribution in [0.5, 0.6) is 0 Å². The molecule has 0 aliphatic rings. The molecule has 0 heterocycles. The molecule has 4 heteroatoms. The molecule has 2 N–H and O–H groups in total. The van der Waals surface area contributed by atoms with Gasteiger partial charge in [0.2, 0.25) is 5.91 Å². The zero-order valence-corrected chi connectivity index (χ0v) is 11.4. The lowest BCUT2D eigenvalue weighted by Gasteiger charge is -2.24. The van der Waals surface area contributed by atoms with E-state index in [2.05, 4.69) is 10.6 Å². The molecular weight excluding hydrogens is 231 g/mol. The number of hydrogen-bond donors (Lipinski definition) is 2. The van der Waals surface area contributed by atoms with Crippen LogP contribution in [0.2, 0.25) is 0 Å². The van der Waals surface area contributed by atoms with E-state index < -0.39 is 0 Å². The Balaban J connectivity index is 2.52. The molecule has 0 atom stereocenters. The van der Waals surface area contributed by atoms with E-state index in [1.165, 1.54) is 12.1 Å². The number of hydrogen-bond acceptors (Lipinski definition) is 2. The highest BCUT2D eigenvalue weighted by Gasteiger charge is 2.17. The number of benzene rings is 1. The van der Waals surface area contributed by atoms with Crippen molar-refractivity contribution >= 4 is 11.6 Å². The first-order valence-electron chi connectivity index (χ1n) is 6.14. The van der Waals surface area contributed by atoms with Crippen LogP contribution in [0.3, 0.4) is 0 Å². The van der Waals surface area contributed by atoms with E-state index in [1.807, 2.05) is 27.7 Å². The molecular formula is C14H21FN2O. The quantitative estimate of drug-likeness (QED) is 0.846. The van der Waals surface area contributed by atoms with Crippen molar-refractivity contribution in [2.75, 3.05) is 11.9 Å². The number of carbonyl (C=O) groups is 1. The third-order valence-corrected chi connectivity index (χ3v) is 2.86. The van der Waals surface area contributed by atoms with Crippen LogP contribution < -0.4 is 10.6 Å². The van der Waals surface area contributed by atoms with Gasteiger partial charge in [0.1, 0.15) is 5.82 Å². The zero-order chi connectivity index (χ0) is 13.8. The number of aryl methyl sites for hydroxylation is 1. The third kappa shape index (κ3) is 4.73. The Hall–Kier alpha value is -1.58. The van der Waals surface area contributed by atoms with Gasteiger partial charge in [0.15, 0.2) is 0 Å². The molecule has 0 aromatic heterocycles. The van der Waals surface area contributed by atoms with Gasteiger partial charge < -0.3 is 10.6 Å². The summed E-state index contributed by atoms with van der Waals surface area (Å²) in [7, 11) is 0. The summed E-state index contributed by atoms with van der Waals surface area (Å²) in [5, 5.41) is 5.83. The first kappa shape index (κ1) is 14.5. The SMILES string of the molecule is CCC(C)(C)NC(=O)CNc1cc(C)cc(F)c1. The van der Waals surface area contributed by atoms with Gasteiger partial charge >= 0.3 is 0 Å². The van der Waals surface area contributed by atoms with Gasteiger partial charge in [-0.05, 0) is 51.0 Å². The Labute approximate surface area is 108 Å². The molecule has 0 saturated carbocycles. The molecule has 0 aliphatic heterocycles. The van der Waals surface area contributed by atoms with Gasteiger partial charge in [-0.1, -0.05) is 6.92 Å². The molecule has 1 amide bonds. The van der Waals surface area contributed by atoms with Crippen molar-refractivity contribution in [2.45, 2.75) is 39.7 Å². The van der Waals surface area contributed by atoms with Gasteiger partial charge in [-0.15, -0.1) is 0 Å². The third-order valence-electron chi connectivity index (χ3n) is 2.86. The molecule has 0 aliphatic carbocycles. The van der Waals surface area contributed by atoms with E-state index in [9.17, 15) is 9.18 Å². The molecule has 0 unspecified atom stereocenters. The zero-order valence-electron chi connectivity index (χ0n) is 11.4. The number of anilines is 1. The van der Waals surface area contributed by atoms with Crippen molar-refractivity contribution in [1.82, 2.24) is 5.32 Å². The van der Waals surface area contributed by atoms with E-state index in [0.29, 0.717) is 5.69 Å². The molecule has 3 nitrogen and oxygen atoms in total. The number of halogens is 1. The summed E-state index contributed by atoms with van der Waals surface area (Å²) in [5.41, 5.74) is 1.24. The summed E-state index contributed by atoms with van der Waals surface area (Å²) >= 11 is 0. The number of rotatable bonds is 5. The Morgan fingerprint density at radius 3 is 2.56 bits per heavy atom. The predicted molar refractivity (Wildman–Crippen MR) is 72.1 cm³/mol. The fraction of sp³-hybridized carbons (Fsp3) is 0.500. The van der Waals surface area contributed by atoms with Crippen molar-refractivity contribution in [3.05, 3.63) is 29.6 Å². The van der Waals surface area contributed by atoms with Crippen molar-refractivity contribution in [2.24, 2.45) is 0 Å². The maximum atomic E-state index is 13.1. The van der Waals surface area contributed by atoms with Crippen molar-refractivity contribution < 1.29 is 9.18 Å². The first-order chi connectivity index (χ1) is 8.32. The lowest BCUT2D eigenvalue weighted by Crippen LogP contribution is -2.45. The van der Waals surface area contributed by atoms with Crippen LogP contribution >= 0.6 is 0 Å². The van der Waals surface area contributed by atoms with Crippen LogP contribution in [0.15, 0.2) is 18.2 Å². The highest BCUT2D eigenvalue weighted by molar-refractivity contribution is 5.81. The van der Waals surface area contributed by atoms with E-state index in [-0.39, 0.29) is 23.8 Å². The smallest absolute Gasteiger partial charge is 0.239 e. The van der Waals surface area contributed by atoms with Crippen LogP contribution in [-0.2, 0) is 4.79 Å². The minimum absolute atomic E-state index is 0.0937. The fourth-order valence-corrected chi connectivity index (χ4v) is 1.53. The molecule has 1 rings (SSSR count). The van der Waals surface area contributed by atoms with Crippen LogP contribution in [0.1, 0.15) is 32.8 Å². The molecule has 100 valence electrons. The summed E-state index contributed by atoms with van der Waals surface area (Å²) in [5.74, 6) is -0.393. The summed E-state index contributed by atoms with van der Waals surface area (Å²) in [6.45, 7) is 7.92. The highest BCUT2D eigenvalue weighted by atomic mass is 19.1. The number of nitrogens with one attached hydrogen (secondary N) is 2. The Kier molecular flexibility index (Phi) is 4.70.